The fourth-order valence-corrected chi connectivity index (χ4v) is 3.65. The molecule has 25 heavy (non-hydrogen) atoms. The highest BCUT2D eigenvalue weighted by molar-refractivity contribution is 7.16. The topological polar surface area (TPSA) is 60.3 Å². The standard InChI is InChI=1S/C19H20N2O3S/c1-3-16(24-14-8-6-5-7-9-14)18(22)20-13-10-11-15-17(12-13)25-19(23)21(15)4-2/h5-12,16H,3-4H2,1-2H3,(H,20,22). The van der Waals surface area contributed by atoms with E-state index in [9.17, 15) is 9.59 Å². The van der Waals surface area contributed by atoms with Gasteiger partial charge in [0, 0.05) is 12.2 Å². The Kier molecular flexibility index (Phi) is 5.19. The van der Waals surface area contributed by atoms with Crippen molar-refractivity contribution < 1.29 is 9.53 Å². The number of fused-ring (bicyclic) bond motifs is 1. The summed E-state index contributed by atoms with van der Waals surface area (Å²) in [5, 5.41) is 2.88. The smallest absolute Gasteiger partial charge is 0.308 e. The van der Waals surface area contributed by atoms with E-state index in [-0.39, 0.29) is 10.8 Å². The molecule has 130 valence electrons. The molecule has 3 rings (SSSR count). The number of carbonyl (C=O) groups excluding carboxylic acids is 1. The van der Waals surface area contributed by atoms with Crippen molar-refractivity contribution in [1.29, 1.82) is 0 Å². The van der Waals surface area contributed by atoms with Crippen molar-refractivity contribution in [2.45, 2.75) is 32.9 Å². The number of nitrogens with one attached hydrogen (secondary N) is 1. The lowest BCUT2D eigenvalue weighted by molar-refractivity contribution is -0.122. The number of ether oxygens (including phenoxy) is 1. The molecule has 0 saturated carbocycles. The van der Waals surface area contributed by atoms with Crippen LogP contribution in [0.5, 0.6) is 5.75 Å². The first kappa shape index (κ1) is 17.2. The second kappa shape index (κ2) is 7.53. The number of amides is 1. The number of aryl methyl sites for hydroxylation is 1. The molecule has 0 aliphatic rings. The van der Waals surface area contributed by atoms with Gasteiger partial charge in [-0.3, -0.25) is 14.2 Å². The Morgan fingerprint density at radius 3 is 2.64 bits per heavy atom. The van der Waals surface area contributed by atoms with E-state index < -0.39 is 6.10 Å². The zero-order valence-electron chi connectivity index (χ0n) is 14.2. The number of hydrogen-bond acceptors (Lipinski definition) is 4. The SMILES string of the molecule is CCC(Oc1ccccc1)C(=O)Nc1ccc2c(c1)sc(=O)n2CC. The van der Waals surface area contributed by atoms with Crippen LogP contribution in [0.15, 0.2) is 53.3 Å². The van der Waals surface area contributed by atoms with Crippen LogP contribution in [0.25, 0.3) is 10.2 Å². The van der Waals surface area contributed by atoms with Crippen LogP contribution in [-0.4, -0.2) is 16.6 Å². The Morgan fingerprint density at radius 2 is 1.96 bits per heavy atom. The van der Waals surface area contributed by atoms with Gasteiger partial charge in [-0.1, -0.05) is 36.5 Å². The summed E-state index contributed by atoms with van der Waals surface area (Å²) in [4.78, 5) is 24.5. The lowest BCUT2D eigenvalue weighted by Crippen LogP contribution is -2.32. The maximum atomic E-state index is 12.5. The van der Waals surface area contributed by atoms with Crippen LogP contribution in [0.2, 0.25) is 0 Å². The van der Waals surface area contributed by atoms with Gasteiger partial charge in [-0.25, -0.2) is 0 Å². The van der Waals surface area contributed by atoms with Crippen LogP contribution in [0.3, 0.4) is 0 Å². The van der Waals surface area contributed by atoms with Crippen LogP contribution in [-0.2, 0) is 11.3 Å². The number of aromatic nitrogens is 1. The van der Waals surface area contributed by atoms with Crippen molar-refractivity contribution in [1.82, 2.24) is 4.57 Å². The number of para-hydroxylation sites is 1. The Bertz CT molecular complexity index is 931. The second-order valence-corrected chi connectivity index (χ2v) is 6.60. The molecule has 0 aliphatic heterocycles. The molecule has 1 aromatic heterocycles. The lowest BCUT2D eigenvalue weighted by atomic mass is 10.2. The van der Waals surface area contributed by atoms with Gasteiger partial charge in [0.25, 0.3) is 5.91 Å². The quantitative estimate of drug-likeness (QED) is 0.729. The number of nitrogens with zero attached hydrogens (tertiary/aromatic N) is 1. The van der Waals surface area contributed by atoms with Crippen LogP contribution in [0, 0.1) is 0 Å². The van der Waals surface area contributed by atoms with E-state index in [1.807, 2.05) is 62.4 Å². The summed E-state index contributed by atoms with van der Waals surface area (Å²) < 4.78 is 8.35. The summed E-state index contributed by atoms with van der Waals surface area (Å²) in [5.41, 5.74) is 1.56. The van der Waals surface area contributed by atoms with Crippen LogP contribution < -0.4 is 14.9 Å². The first-order chi connectivity index (χ1) is 12.1. The summed E-state index contributed by atoms with van der Waals surface area (Å²) in [5.74, 6) is 0.464. The Hall–Kier alpha value is -2.60. The number of carbonyl (C=O) groups is 1. The molecule has 0 bridgehead atoms. The molecule has 2 aromatic carbocycles. The molecule has 0 fully saturated rings. The molecule has 0 aliphatic carbocycles. The van der Waals surface area contributed by atoms with E-state index in [0.717, 1.165) is 10.2 Å². The molecule has 1 amide bonds. The van der Waals surface area contributed by atoms with E-state index >= 15 is 0 Å². The molecule has 1 N–H and O–H groups in total. The highest BCUT2D eigenvalue weighted by atomic mass is 32.1. The minimum Gasteiger partial charge on any atom is -0.481 e. The molecule has 1 unspecified atom stereocenters. The van der Waals surface area contributed by atoms with Crippen molar-refractivity contribution >= 4 is 33.1 Å². The minimum absolute atomic E-state index is 0.0137. The molecule has 0 saturated heterocycles. The number of thiazole rings is 1. The molecule has 3 aromatic rings. The van der Waals surface area contributed by atoms with Gasteiger partial charge in [-0.05, 0) is 43.7 Å². The zero-order chi connectivity index (χ0) is 17.8. The van der Waals surface area contributed by atoms with E-state index in [0.29, 0.717) is 24.4 Å². The zero-order valence-corrected chi connectivity index (χ0v) is 15.0. The van der Waals surface area contributed by atoms with Gasteiger partial charge >= 0.3 is 4.87 Å². The summed E-state index contributed by atoms with van der Waals surface area (Å²) in [6, 6.07) is 14.8. The predicted molar refractivity (Wildman–Crippen MR) is 102 cm³/mol. The van der Waals surface area contributed by atoms with Gasteiger partial charge in [0.2, 0.25) is 0 Å². The van der Waals surface area contributed by atoms with Crippen molar-refractivity contribution in [3.8, 4) is 5.75 Å². The molecular formula is C19H20N2O3S. The largest absolute Gasteiger partial charge is 0.481 e. The summed E-state index contributed by atoms with van der Waals surface area (Å²) in [6.07, 6.45) is -0.0141. The number of benzene rings is 2. The first-order valence-corrected chi connectivity index (χ1v) is 9.10. The fraction of sp³-hybridized carbons (Fsp3) is 0.263. The molecule has 5 nitrogen and oxygen atoms in total. The minimum atomic E-state index is -0.572. The van der Waals surface area contributed by atoms with Gasteiger partial charge < -0.3 is 10.1 Å². The van der Waals surface area contributed by atoms with E-state index in [1.165, 1.54) is 11.3 Å². The molecule has 0 radical (unpaired) electrons. The monoisotopic (exact) mass is 356 g/mol. The Morgan fingerprint density at radius 1 is 1.20 bits per heavy atom. The van der Waals surface area contributed by atoms with Crippen molar-refractivity contribution in [3.05, 3.63) is 58.2 Å². The van der Waals surface area contributed by atoms with E-state index in [4.69, 9.17) is 4.74 Å². The Labute approximate surface area is 149 Å². The van der Waals surface area contributed by atoms with Crippen molar-refractivity contribution in [2.75, 3.05) is 5.32 Å². The normalized spacial score (nSPS) is 12.1. The maximum Gasteiger partial charge on any atom is 0.308 e. The van der Waals surface area contributed by atoms with Crippen LogP contribution in [0.4, 0.5) is 5.69 Å². The number of rotatable bonds is 6. The third-order valence-corrected chi connectivity index (χ3v) is 4.88. The average Bonchev–Trinajstić information content (AvgIpc) is 2.94. The van der Waals surface area contributed by atoms with Gasteiger partial charge in [0.1, 0.15) is 5.75 Å². The molecule has 1 atom stereocenters. The summed E-state index contributed by atoms with van der Waals surface area (Å²) in [7, 11) is 0. The predicted octanol–water partition coefficient (Wildman–Crippen LogP) is 3.88. The highest BCUT2D eigenvalue weighted by Crippen LogP contribution is 2.22. The second-order valence-electron chi connectivity index (χ2n) is 5.61. The van der Waals surface area contributed by atoms with Crippen LogP contribution in [0.1, 0.15) is 20.3 Å². The molecule has 1 heterocycles. The molecule has 0 spiro atoms. The third kappa shape index (κ3) is 3.74. The summed E-state index contributed by atoms with van der Waals surface area (Å²) in [6.45, 7) is 4.48. The number of hydrogen-bond donors (Lipinski definition) is 1. The van der Waals surface area contributed by atoms with E-state index in [2.05, 4.69) is 5.32 Å². The first-order valence-electron chi connectivity index (χ1n) is 8.28. The van der Waals surface area contributed by atoms with Crippen molar-refractivity contribution in [2.24, 2.45) is 0 Å². The van der Waals surface area contributed by atoms with Crippen LogP contribution >= 0.6 is 11.3 Å². The maximum absolute atomic E-state index is 12.5. The third-order valence-electron chi connectivity index (χ3n) is 3.94. The molecular weight excluding hydrogens is 336 g/mol. The molecule has 6 heteroatoms. The van der Waals surface area contributed by atoms with Gasteiger partial charge in [-0.15, -0.1) is 0 Å². The average molecular weight is 356 g/mol. The number of anilines is 1. The highest BCUT2D eigenvalue weighted by Gasteiger charge is 2.19. The van der Waals surface area contributed by atoms with Gasteiger partial charge in [0.05, 0.1) is 10.2 Å². The van der Waals surface area contributed by atoms with Crippen molar-refractivity contribution in [3.63, 3.8) is 0 Å². The van der Waals surface area contributed by atoms with Gasteiger partial charge in [-0.2, -0.15) is 0 Å². The van der Waals surface area contributed by atoms with E-state index in [1.54, 1.807) is 4.57 Å². The Balaban J connectivity index is 1.77. The van der Waals surface area contributed by atoms with Gasteiger partial charge in [0.15, 0.2) is 6.10 Å². The summed E-state index contributed by atoms with van der Waals surface area (Å²) >= 11 is 1.19. The fourth-order valence-electron chi connectivity index (χ4n) is 2.65. The lowest BCUT2D eigenvalue weighted by Gasteiger charge is -2.17.